The summed E-state index contributed by atoms with van der Waals surface area (Å²) in [4.78, 5) is 43.4. The molecule has 0 saturated heterocycles. The van der Waals surface area contributed by atoms with E-state index in [2.05, 4.69) is 208 Å². The van der Waals surface area contributed by atoms with Crippen LogP contribution in [0.15, 0.2) is 0 Å². The first-order valence-electron chi connectivity index (χ1n) is 32.2. The van der Waals surface area contributed by atoms with Crippen LogP contribution < -0.4 is 0 Å². The molecule has 0 aliphatic heterocycles. The monoisotopic (exact) mass is 1150 g/mol. The average molecular weight is 1150 g/mol. The van der Waals surface area contributed by atoms with Crippen molar-refractivity contribution in [2.75, 3.05) is 26.4 Å². The molecular formula is C72H152O8. The molecule has 0 heterocycles. The van der Waals surface area contributed by atoms with Gasteiger partial charge in [-0.3, -0.25) is 19.2 Å². The van der Waals surface area contributed by atoms with Crippen molar-refractivity contribution in [1.29, 1.82) is 0 Å². The second-order valence-electron chi connectivity index (χ2n) is 33.4. The smallest absolute Gasteiger partial charge is 0.308 e. The van der Waals surface area contributed by atoms with Crippen molar-refractivity contribution in [3.63, 3.8) is 0 Å². The van der Waals surface area contributed by atoms with Gasteiger partial charge in [0.05, 0.1) is 38.3 Å². The summed E-state index contributed by atoms with van der Waals surface area (Å²) < 4.78 is 20.0. The van der Waals surface area contributed by atoms with Gasteiger partial charge in [-0.05, 0) is 119 Å². The van der Waals surface area contributed by atoms with Crippen molar-refractivity contribution in [3.05, 3.63) is 0 Å². The summed E-state index contributed by atoms with van der Waals surface area (Å²) in [6.45, 7) is 80.2. The molecule has 0 N–H and O–H groups in total. The summed E-state index contributed by atoms with van der Waals surface area (Å²) >= 11 is 0. The van der Waals surface area contributed by atoms with E-state index >= 15 is 0 Å². The highest BCUT2D eigenvalue weighted by atomic mass is 16.5. The third-order valence-corrected chi connectivity index (χ3v) is 11.2. The van der Waals surface area contributed by atoms with Crippen molar-refractivity contribution in [1.82, 2.24) is 0 Å². The third kappa shape index (κ3) is 119. The van der Waals surface area contributed by atoms with Crippen LogP contribution in [-0.2, 0) is 38.1 Å². The lowest BCUT2D eigenvalue weighted by atomic mass is 9.86. The zero-order chi connectivity index (χ0) is 65.6. The minimum Gasteiger partial charge on any atom is -0.466 e. The molecular weight excluding hydrogens is 993 g/mol. The number of rotatable bonds is 20. The molecule has 8 heteroatoms. The van der Waals surface area contributed by atoms with Crippen LogP contribution in [0.4, 0.5) is 0 Å². The molecule has 0 aliphatic rings. The Kier molecular flexibility index (Phi) is 59.2. The van der Waals surface area contributed by atoms with Gasteiger partial charge in [-0.15, -0.1) is 0 Å². The molecule has 0 aliphatic carbocycles. The van der Waals surface area contributed by atoms with Crippen LogP contribution in [0.25, 0.3) is 0 Å². The summed E-state index contributed by atoms with van der Waals surface area (Å²) in [5.74, 6) is 1.31. The highest BCUT2D eigenvalue weighted by Crippen LogP contribution is 2.26. The Labute approximate surface area is 505 Å². The van der Waals surface area contributed by atoms with E-state index in [1.807, 2.05) is 34.6 Å². The van der Waals surface area contributed by atoms with E-state index in [-0.39, 0.29) is 46.5 Å². The van der Waals surface area contributed by atoms with Crippen molar-refractivity contribution < 1.29 is 38.1 Å². The van der Waals surface area contributed by atoms with Gasteiger partial charge in [-0.25, -0.2) is 0 Å². The summed E-state index contributed by atoms with van der Waals surface area (Å²) in [6.07, 6.45) is 17.7. The third-order valence-electron chi connectivity index (χ3n) is 11.2. The molecule has 0 atom stereocenters. The Hall–Kier alpha value is -2.12. The summed E-state index contributed by atoms with van der Waals surface area (Å²) in [7, 11) is 0. The SMILES string of the molecule is CC(C)C(=O)OCCC(C)(C)C.CC(C)C(=O)OCCCC(C)(C)C.CC(C)CC(C)(C)C.CC(C)CCC(C)(C)C.CCC(=O)OCCC(C)(C)C.CCC(=O)OCCCC(C)(C)C.CCCC(C)(C)C.CCCCC(C)(C)C. The van der Waals surface area contributed by atoms with Crippen molar-refractivity contribution in [2.24, 2.45) is 67.0 Å². The molecule has 0 aromatic carbocycles. The lowest BCUT2D eigenvalue weighted by Gasteiger charge is -2.19. The molecule has 0 saturated carbocycles. The lowest BCUT2D eigenvalue weighted by molar-refractivity contribution is -0.148. The lowest BCUT2D eigenvalue weighted by Crippen LogP contribution is -2.16. The number of carbonyl (C=O) groups is 4. The first-order chi connectivity index (χ1) is 35.5. The fourth-order valence-corrected chi connectivity index (χ4v) is 6.43. The minimum absolute atomic E-state index is 0.00497. The van der Waals surface area contributed by atoms with E-state index in [0.717, 1.165) is 50.4 Å². The first-order valence-corrected chi connectivity index (χ1v) is 32.2. The number of carbonyl (C=O) groups excluding carboxylic acids is 4. The predicted molar refractivity (Wildman–Crippen MR) is 355 cm³/mol. The molecule has 0 bridgehead atoms. The van der Waals surface area contributed by atoms with Gasteiger partial charge in [0.2, 0.25) is 0 Å². The van der Waals surface area contributed by atoms with Crippen molar-refractivity contribution in [2.45, 2.75) is 352 Å². The van der Waals surface area contributed by atoms with Gasteiger partial charge >= 0.3 is 23.9 Å². The van der Waals surface area contributed by atoms with Crippen LogP contribution in [0.5, 0.6) is 0 Å². The Morgan fingerprint density at radius 3 is 0.762 bits per heavy atom. The van der Waals surface area contributed by atoms with Crippen LogP contribution in [0.3, 0.4) is 0 Å². The van der Waals surface area contributed by atoms with E-state index in [1.165, 1.54) is 51.4 Å². The standard InChI is InChI=1S/C11H22O2.2C10H20O2.C9H18O2.C9H20.2C8H18.C7H16/c1-9(2)10(12)13-8-6-7-11(3,4)5;1-8(2)9(11)12-7-6-10(3,4)5;1-5-9(11)12-8-6-7-10(2,3)4;1-5-8(10)11-7-6-9(2,3)4;1-8(2)6-7-9(3,4)5;1-7(2)6-8(3,4)5;1-5-6-7-8(2,3)4;1-5-6-7(2,3)4/h9H,6-8H2,1-5H3;8H,6-7H2,1-5H3;5-8H2,1-4H3;5-7H2,1-4H3;8H,6-7H2,1-5H3;7H,6H2,1-5H3;5-7H2,1-4H3;5-6H2,1-4H3. The average Bonchev–Trinajstić information content (AvgIpc) is 3.23. The molecule has 0 unspecified atom stereocenters. The molecule has 0 fully saturated rings. The van der Waals surface area contributed by atoms with Crippen molar-refractivity contribution in [3.8, 4) is 0 Å². The number of hydrogen-bond acceptors (Lipinski definition) is 8. The molecule has 8 nitrogen and oxygen atoms in total. The zero-order valence-electron chi connectivity index (χ0n) is 61.7. The quantitative estimate of drug-likeness (QED) is 0.0674. The second-order valence-corrected chi connectivity index (χ2v) is 33.4. The summed E-state index contributed by atoms with van der Waals surface area (Å²) in [6, 6.07) is 0. The fourth-order valence-electron chi connectivity index (χ4n) is 6.43. The Morgan fingerprint density at radius 2 is 0.575 bits per heavy atom. The van der Waals surface area contributed by atoms with E-state index in [4.69, 9.17) is 18.9 Å². The minimum atomic E-state index is -0.103. The molecule has 0 aromatic rings. The second kappa shape index (κ2) is 50.2. The maximum absolute atomic E-state index is 11.0. The van der Waals surface area contributed by atoms with E-state index in [1.54, 1.807) is 6.92 Å². The normalized spacial score (nSPS) is 11.9. The zero-order valence-corrected chi connectivity index (χ0v) is 61.7. The molecule has 488 valence electrons. The van der Waals surface area contributed by atoms with E-state index < -0.39 is 0 Å². The van der Waals surface area contributed by atoms with Crippen molar-refractivity contribution >= 4 is 23.9 Å². The van der Waals surface area contributed by atoms with Crippen LogP contribution in [0, 0.1) is 67.0 Å². The molecule has 0 radical (unpaired) electrons. The van der Waals surface area contributed by atoms with Crippen LogP contribution in [-0.4, -0.2) is 50.3 Å². The Morgan fingerprint density at radius 1 is 0.300 bits per heavy atom. The van der Waals surface area contributed by atoms with Gasteiger partial charge in [-0.2, -0.15) is 0 Å². The van der Waals surface area contributed by atoms with Gasteiger partial charge < -0.3 is 18.9 Å². The van der Waals surface area contributed by atoms with Crippen LogP contribution >= 0.6 is 0 Å². The maximum atomic E-state index is 11.0. The number of hydrogen-bond donors (Lipinski definition) is 0. The van der Waals surface area contributed by atoms with E-state index in [9.17, 15) is 19.2 Å². The highest BCUT2D eigenvalue weighted by molar-refractivity contribution is 5.71. The largest absolute Gasteiger partial charge is 0.466 e. The predicted octanol–water partition coefficient (Wildman–Crippen LogP) is 23.4. The van der Waals surface area contributed by atoms with Crippen LogP contribution in [0.2, 0.25) is 0 Å². The Bertz CT molecular complexity index is 1400. The maximum Gasteiger partial charge on any atom is 0.308 e. The van der Waals surface area contributed by atoms with E-state index in [0.29, 0.717) is 71.8 Å². The van der Waals surface area contributed by atoms with Gasteiger partial charge in [0.1, 0.15) is 0 Å². The van der Waals surface area contributed by atoms with Gasteiger partial charge in [0, 0.05) is 12.8 Å². The molecule has 0 rings (SSSR count). The van der Waals surface area contributed by atoms with Gasteiger partial charge in [-0.1, -0.05) is 275 Å². The molecule has 0 aromatic heterocycles. The molecule has 0 spiro atoms. The number of esters is 4. The van der Waals surface area contributed by atoms with Gasteiger partial charge in [0.25, 0.3) is 0 Å². The summed E-state index contributed by atoms with van der Waals surface area (Å²) in [5, 5.41) is 0. The molecule has 80 heavy (non-hydrogen) atoms. The number of ether oxygens (including phenoxy) is 4. The first kappa shape index (κ1) is 94.3. The van der Waals surface area contributed by atoms with Crippen LogP contribution in [0.1, 0.15) is 352 Å². The number of unbranched alkanes of at least 4 members (excludes halogenated alkanes) is 1. The topological polar surface area (TPSA) is 105 Å². The molecule has 0 amide bonds. The van der Waals surface area contributed by atoms with Gasteiger partial charge in [0.15, 0.2) is 0 Å². The highest BCUT2D eigenvalue weighted by Gasteiger charge is 2.16. The Balaban J connectivity index is -0.000000124. The fraction of sp³-hybridized carbons (Fsp3) is 0.944. The summed E-state index contributed by atoms with van der Waals surface area (Å²) in [5.41, 5.74) is 3.34.